The largest absolute Gasteiger partial charge is 0.508 e. The number of aromatic hydroxyl groups is 1. The van der Waals surface area contributed by atoms with Crippen LogP contribution in [0.3, 0.4) is 0 Å². The van der Waals surface area contributed by atoms with Gasteiger partial charge in [0.15, 0.2) is 5.43 Å². The number of hydrogen-bond acceptors (Lipinski definition) is 5. The number of aryl methyl sites for hydroxylation is 1. The molecule has 1 heterocycles. The molecule has 0 aliphatic carbocycles. The number of phenolic OH excluding ortho intramolecular Hbond substituents is 1. The highest BCUT2D eigenvalue weighted by molar-refractivity contribution is 5.83. The summed E-state index contributed by atoms with van der Waals surface area (Å²) in [4.78, 5) is 22.5. The van der Waals surface area contributed by atoms with E-state index in [9.17, 15) is 20.0 Å². The van der Waals surface area contributed by atoms with Crippen molar-refractivity contribution < 1.29 is 14.4 Å². The van der Waals surface area contributed by atoms with Gasteiger partial charge in [0.1, 0.15) is 17.1 Å². The van der Waals surface area contributed by atoms with Crippen molar-refractivity contribution in [2.24, 2.45) is 0 Å². The fourth-order valence-corrected chi connectivity index (χ4v) is 2.26. The van der Waals surface area contributed by atoms with Gasteiger partial charge in [0, 0.05) is 29.3 Å². The Labute approximate surface area is 124 Å². The minimum absolute atomic E-state index is 0.0202. The predicted molar refractivity (Wildman–Crippen MR) is 81.0 cm³/mol. The lowest BCUT2D eigenvalue weighted by Gasteiger charge is -2.06. The van der Waals surface area contributed by atoms with E-state index in [1.165, 1.54) is 36.4 Å². The Balaban J connectivity index is 2.28. The van der Waals surface area contributed by atoms with E-state index in [1.54, 1.807) is 13.0 Å². The molecule has 0 fully saturated rings. The second-order valence-corrected chi connectivity index (χ2v) is 4.87. The van der Waals surface area contributed by atoms with Crippen LogP contribution in [-0.4, -0.2) is 10.0 Å². The number of phenols is 1. The number of nitro groups is 1. The highest BCUT2D eigenvalue weighted by Crippen LogP contribution is 2.29. The van der Waals surface area contributed by atoms with Crippen LogP contribution in [0.4, 0.5) is 5.69 Å². The third kappa shape index (κ3) is 2.20. The van der Waals surface area contributed by atoms with Crippen LogP contribution in [0.15, 0.2) is 51.7 Å². The highest BCUT2D eigenvalue weighted by atomic mass is 16.6. The first-order valence-corrected chi connectivity index (χ1v) is 6.48. The summed E-state index contributed by atoms with van der Waals surface area (Å²) in [5.41, 5.74) is 0.783. The van der Waals surface area contributed by atoms with Gasteiger partial charge in [0.25, 0.3) is 5.69 Å². The zero-order valence-electron chi connectivity index (χ0n) is 11.6. The van der Waals surface area contributed by atoms with Crippen molar-refractivity contribution in [3.63, 3.8) is 0 Å². The first kappa shape index (κ1) is 13.8. The van der Waals surface area contributed by atoms with E-state index in [0.29, 0.717) is 16.5 Å². The van der Waals surface area contributed by atoms with Crippen molar-refractivity contribution in [2.75, 3.05) is 0 Å². The third-order valence-corrected chi connectivity index (χ3v) is 3.46. The summed E-state index contributed by atoms with van der Waals surface area (Å²) in [5.74, 6) is 0.238. The van der Waals surface area contributed by atoms with Crippen LogP contribution < -0.4 is 5.43 Å². The Kier molecular flexibility index (Phi) is 3.14. The predicted octanol–water partition coefficient (Wildman–Crippen LogP) is 3.38. The Hall–Kier alpha value is -3.15. The monoisotopic (exact) mass is 297 g/mol. The maximum Gasteiger partial charge on any atom is 0.270 e. The van der Waals surface area contributed by atoms with Gasteiger partial charge in [-0.2, -0.15) is 0 Å². The molecule has 6 heteroatoms. The van der Waals surface area contributed by atoms with Gasteiger partial charge in [-0.1, -0.05) is 12.1 Å². The minimum Gasteiger partial charge on any atom is -0.508 e. The van der Waals surface area contributed by atoms with E-state index in [0.717, 1.165) is 0 Å². The smallest absolute Gasteiger partial charge is 0.270 e. The van der Waals surface area contributed by atoms with Gasteiger partial charge in [-0.3, -0.25) is 14.9 Å². The maximum atomic E-state index is 12.2. The molecule has 0 spiro atoms. The molecule has 0 unspecified atom stereocenters. The number of nitro benzene ring substituents is 1. The van der Waals surface area contributed by atoms with Gasteiger partial charge in [-0.25, -0.2) is 0 Å². The van der Waals surface area contributed by atoms with Gasteiger partial charge in [-0.15, -0.1) is 0 Å². The van der Waals surface area contributed by atoms with Crippen molar-refractivity contribution >= 4 is 16.7 Å². The molecule has 6 nitrogen and oxygen atoms in total. The Bertz CT molecular complexity index is 958. The summed E-state index contributed by atoms with van der Waals surface area (Å²) in [6.07, 6.45) is 0. The first-order chi connectivity index (χ1) is 10.5. The van der Waals surface area contributed by atoms with E-state index in [1.807, 2.05) is 0 Å². The molecule has 0 radical (unpaired) electrons. The fourth-order valence-electron chi connectivity index (χ4n) is 2.26. The second kappa shape index (κ2) is 5.00. The summed E-state index contributed by atoms with van der Waals surface area (Å²) in [6, 6.07) is 10.0. The molecule has 22 heavy (non-hydrogen) atoms. The Morgan fingerprint density at radius 1 is 1.18 bits per heavy atom. The standard InChI is InChI=1S/C16H11NO5/c1-9-13(18)6-5-12-14(19)8-15(22-16(9)12)10-3-2-4-11(7-10)17(20)21/h2-8,18H,1H3. The van der Waals surface area contributed by atoms with Crippen LogP contribution in [0.1, 0.15) is 5.56 Å². The molecule has 0 aliphatic rings. The zero-order valence-corrected chi connectivity index (χ0v) is 11.6. The molecule has 1 N–H and O–H groups in total. The van der Waals surface area contributed by atoms with Crippen LogP contribution >= 0.6 is 0 Å². The van der Waals surface area contributed by atoms with Gasteiger partial charge in [-0.05, 0) is 19.1 Å². The summed E-state index contributed by atoms with van der Waals surface area (Å²) >= 11 is 0. The summed E-state index contributed by atoms with van der Waals surface area (Å²) in [6.45, 7) is 1.64. The van der Waals surface area contributed by atoms with Crippen LogP contribution in [0.5, 0.6) is 5.75 Å². The topological polar surface area (TPSA) is 93.6 Å². The van der Waals surface area contributed by atoms with Crippen molar-refractivity contribution in [3.8, 4) is 17.1 Å². The lowest BCUT2D eigenvalue weighted by Crippen LogP contribution is -2.01. The molecule has 0 atom stereocenters. The first-order valence-electron chi connectivity index (χ1n) is 6.48. The molecule has 3 aromatic rings. The van der Waals surface area contributed by atoms with Crippen LogP contribution in [0, 0.1) is 17.0 Å². The second-order valence-electron chi connectivity index (χ2n) is 4.87. The van der Waals surface area contributed by atoms with Crippen LogP contribution in [0.2, 0.25) is 0 Å². The number of nitrogens with zero attached hydrogens (tertiary/aromatic N) is 1. The fraction of sp³-hybridized carbons (Fsp3) is 0.0625. The van der Waals surface area contributed by atoms with Crippen molar-refractivity contribution in [3.05, 3.63) is 68.4 Å². The number of non-ortho nitro benzene ring substituents is 1. The Morgan fingerprint density at radius 3 is 2.68 bits per heavy atom. The van der Waals surface area contributed by atoms with E-state index in [4.69, 9.17) is 4.42 Å². The molecule has 0 amide bonds. The SMILES string of the molecule is Cc1c(O)ccc2c(=O)cc(-c3cccc([N+](=O)[O-])c3)oc12. The molecule has 0 aliphatic heterocycles. The number of hydrogen-bond donors (Lipinski definition) is 1. The quantitative estimate of drug-likeness (QED) is 0.578. The van der Waals surface area contributed by atoms with E-state index < -0.39 is 4.92 Å². The molecule has 0 bridgehead atoms. The van der Waals surface area contributed by atoms with Crippen molar-refractivity contribution in [1.82, 2.24) is 0 Å². The van der Waals surface area contributed by atoms with Crippen LogP contribution in [-0.2, 0) is 0 Å². The zero-order chi connectivity index (χ0) is 15.9. The van der Waals surface area contributed by atoms with Gasteiger partial charge < -0.3 is 9.52 Å². The minimum atomic E-state index is -0.514. The molecule has 1 aromatic heterocycles. The number of rotatable bonds is 2. The van der Waals surface area contributed by atoms with E-state index in [-0.39, 0.29) is 28.2 Å². The van der Waals surface area contributed by atoms with Gasteiger partial charge in [0.2, 0.25) is 0 Å². The highest BCUT2D eigenvalue weighted by Gasteiger charge is 2.13. The van der Waals surface area contributed by atoms with Crippen LogP contribution in [0.25, 0.3) is 22.3 Å². The number of benzene rings is 2. The lowest BCUT2D eigenvalue weighted by atomic mass is 10.1. The summed E-state index contributed by atoms with van der Waals surface area (Å²) in [7, 11) is 0. The normalized spacial score (nSPS) is 10.8. The summed E-state index contributed by atoms with van der Waals surface area (Å²) < 4.78 is 5.69. The van der Waals surface area contributed by atoms with E-state index in [2.05, 4.69) is 0 Å². The third-order valence-electron chi connectivity index (χ3n) is 3.46. The number of fused-ring (bicyclic) bond motifs is 1. The van der Waals surface area contributed by atoms with Crippen molar-refractivity contribution in [2.45, 2.75) is 6.92 Å². The molecular weight excluding hydrogens is 286 g/mol. The van der Waals surface area contributed by atoms with Gasteiger partial charge in [0.05, 0.1) is 10.3 Å². The molecule has 3 rings (SSSR count). The molecule has 110 valence electrons. The van der Waals surface area contributed by atoms with Crippen molar-refractivity contribution in [1.29, 1.82) is 0 Å². The molecule has 0 saturated heterocycles. The molecule has 2 aromatic carbocycles. The molecular formula is C16H11NO5. The summed E-state index contributed by atoms with van der Waals surface area (Å²) in [5, 5.41) is 20.9. The van der Waals surface area contributed by atoms with Gasteiger partial charge >= 0.3 is 0 Å². The average Bonchev–Trinajstić information content (AvgIpc) is 2.51. The van der Waals surface area contributed by atoms with E-state index >= 15 is 0 Å². The lowest BCUT2D eigenvalue weighted by molar-refractivity contribution is -0.384. The Morgan fingerprint density at radius 2 is 1.95 bits per heavy atom. The molecule has 0 saturated carbocycles. The average molecular weight is 297 g/mol. The maximum absolute atomic E-state index is 12.2.